The average Bonchev–Trinajstić information content (AvgIpc) is 3.37. The number of ether oxygens (including phenoxy) is 1. The van der Waals surface area contributed by atoms with E-state index in [9.17, 15) is 9.59 Å². The van der Waals surface area contributed by atoms with Gasteiger partial charge in [-0.3, -0.25) is 9.59 Å². The molecule has 2 aromatic carbocycles. The number of rotatable bonds is 7. The van der Waals surface area contributed by atoms with Crippen LogP contribution in [0.15, 0.2) is 64.3 Å². The van der Waals surface area contributed by atoms with E-state index in [1.807, 2.05) is 53.6 Å². The van der Waals surface area contributed by atoms with Crippen molar-refractivity contribution in [1.29, 1.82) is 0 Å². The number of hydrogen-bond donors (Lipinski definition) is 0. The van der Waals surface area contributed by atoms with Gasteiger partial charge in [-0.25, -0.2) is 0 Å². The minimum Gasteiger partial charge on any atom is -0.457 e. The van der Waals surface area contributed by atoms with Crippen LogP contribution >= 0.6 is 0 Å². The van der Waals surface area contributed by atoms with E-state index >= 15 is 0 Å². The molecule has 0 N–H and O–H groups in total. The third-order valence-corrected chi connectivity index (χ3v) is 6.77. The fraction of sp³-hybridized carbons (Fsp3) is 0.333. The summed E-state index contributed by atoms with van der Waals surface area (Å²) in [6.45, 7) is 4.06. The molecule has 6 rings (SSSR count). The molecule has 4 aromatic rings. The molecule has 2 aliphatic rings. The highest BCUT2D eigenvalue weighted by Crippen LogP contribution is 2.34. The molecule has 1 saturated heterocycles. The van der Waals surface area contributed by atoms with Crippen LogP contribution in [0.2, 0.25) is 0 Å². The molecule has 1 aliphatic heterocycles. The number of carbonyl (C=O) groups is 1. The number of pyridine rings is 1. The zero-order valence-corrected chi connectivity index (χ0v) is 19.5. The lowest BCUT2D eigenvalue weighted by molar-refractivity contribution is -0.128. The maximum Gasteiger partial charge on any atom is 0.258 e. The zero-order chi connectivity index (χ0) is 23.9. The largest absolute Gasteiger partial charge is 0.457 e. The smallest absolute Gasteiger partial charge is 0.258 e. The lowest BCUT2D eigenvalue weighted by Crippen LogP contribution is -2.24. The Balaban J connectivity index is 1.33. The summed E-state index contributed by atoms with van der Waals surface area (Å²) < 4.78 is 13.4. The lowest BCUT2D eigenvalue weighted by Gasteiger charge is -2.19. The second kappa shape index (κ2) is 8.69. The van der Waals surface area contributed by atoms with Crippen LogP contribution in [0.1, 0.15) is 31.7 Å². The van der Waals surface area contributed by atoms with Gasteiger partial charge in [0.2, 0.25) is 5.91 Å². The van der Waals surface area contributed by atoms with Crippen LogP contribution in [0.3, 0.4) is 0 Å². The molecule has 0 spiro atoms. The van der Waals surface area contributed by atoms with E-state index in [0.29, 0.717) is 47.6 Å². The van der Waals surface area contributed by atoms with Gasteiger partial charge in [0.15, 0.2) is 6.33 Å². The zero-order valence-electron chi connectivity index (χ0n) is 19.5. The van der Waals surface area contributed by atoms with Crippen LogP contribution in [0.5, 0.6) is 11.5 Å². The first-order valence-electron chi connectivity index (χ1n) is 12.0. The van der Waals surface area contributed by atoms with Gasteiger partial charge in [-0.2, -0.15) is 4.98 Å². The second-order valence-electron chi connectivity index (χ2n) is 9.72. The van der Waals surface area contributed by atoms with Gasteiger partial charge in [0, 0.05) is 48.8 Å². The van der Waals surface area contributed by atoms with Gasteiger partial charge in [-0.1, -0.05) is 18.1 Å². The molecule has 2 fully saturated rings. The predicted octanol–water partition coefficient (Wildman–Crippen LogP) is 4.62. The van der Waals surface area contributed by atoms with Crippen molar-refractivity contribution in [3.8, 4) is 23.0 Å². The number of benzene rings is 2. The highest BCUT2D eigenvalue weighted by Gasteiger charge is 2.27. The highest BCUT2D eigenvalue weighted by molar-refractivity contribution is 5.83. The summed E-state index contributed by atoms with van der Waals surface area (Å²) in [4.78, 5) is 31.3. The monoisotopic (exact) mass is 470 g/mol. The Hall–Kier alpha value is -3.94. The van der Waals surface area contributed by atoms with Crippen LogP contribution in [-0.4, -0.2) is 32.1 Å². The normalized spacial score (nSPS) is 17.9. The summed E-state index contributed by atoms with van der Waals surface area (Å²) in [5, 5.41) is 5.20. The third kappa shape index (κ3) is 4.43. The third-order valence-electron chi connectivity index (χ3n) is 6.77. The topological polar surface area (TPSA) is 90.5 Å². The Morgan fingerprint density at radius 2 is 2.00 bits per heavy atom. The molecule has 8 nitrogen and oxygen atoms in total. The summed E-state index contributed by atoms with van der Waals surface area (Å²) in [5.41, 5.74) is 1.64. The first kappa shape index (κ1) is 21.6. The fourth-order valence-corrected chi connectivity index (χ4v) is 4.72. The van der Waals surface area contributed by atoms with Crippen LogP contribution in [0.25, 0.3) is 22.2 Å². The van der Waals surface area contributed by atoms with Gasteiger partial charge in [0.05, 0.1) is 0 Å². The Morgan fingerprint density at radius 3 is 2.74 bits per heavy atom. The van der Waals surface area contributed by atoms with Crippen molar-refractivity contribution in [2.75, 3.05) is 6.54 Å². The molecule has 1 atom stereocenters. The van der Waals surface area contributed by atoms with E-state index in [-0.39, 0.29) is 11.5 Å². The minimum absolute atomic E-state index is 0.0293. The molecule has 178 valence electrons. The van der Waals surface area contributed by atoms with Gasteiger partial charge < -0.3 is 18.7 Å². The van der Waals surface area contributed by atoms with Crippen LogP contribution in [-0.2, 0) is 17.9 Å². The van der Waals surface area contributed by atoms with Gasteiger partial charge >= 0.3 is 0 Å². The lowest BCUT2D eigenvalue weighted by atomic mass is 10.1. The summed E-state index contributed by atoms with van der Waals surface area (Å²) in [7, 11) is 0. The summed E-state index contributed by atoms with van der Waals surface area (Å²) >= 11 is 0. The molecular weight excluding hydrogens is 444 g/mol. The molecule has 3 heterocycles. The number of amides is 1. The van der Waals surface area contributed by atoms with Crippen LogP contribution in [0.4, 0.5) is 0 Å². The van der Waals surface area contributed by atoms with E-state index < -0.39 is 0 Å². The van der Waals surface area contributed by atoms with Crippen molar-refractivity contribution in [2.45, 2.75) is 39.3 Å². The Morgan fingerprint density at radius 1 is 1.11 bits per heavy atom. The van der Waals surface area contributed by atoms with E-state index in [0.717, 1.165) is 29.6 Å². The van der Waals surface area contributed by atoms with Gasteiger partial charge in [0.1, 0.15) is 11.5 Å². The second-order valence-corrected chi connectivity index (χ2v) is 9.72. The SMILES string of the molecule is C[C@H]1CC(=O)N(Cc2ccc(-c3ncno3)cc2Oc2ccc3c(=O)n(CC4CC4)ccc3c2)C1. The van der Waals surface area contributed by atoms with Crippen molar-refractivity contribution in [3.05, 3.63) is 70.9 Å². The molecule has 35 heavy (non-hydrogen) atoms. The predicted molar refractivity (Wildman–Crippen MR) is 130 cm³/mol. The van der Waals surface area contributed by atoms with Crippen molar-refractivity contribution in [1.82, 2.24) is 19.6 Å². The maximum absolute atomic E-state index is 12.9. The van der Waals surface area contributed by atoms with Crippen molar-refractivity contribution in [2.24, 2.45) is 11.8 Å². The van der Waals surface area contributed by atoms with Gasteiger partial charge in [0.25, 0.3) is 11.4 Å². The summed E-state index contributed by atoms with van der Waals surface area (Å²) in [6.07, 6.45) is 6.19. The molecule has 1 amide bonds. The summed E-state index contributed by atoms with van der Waals surface area (Å²) in [5.74, 6) is 2.73. The molecule has 1 saturated carbocycles. The van der Waals surface area contributed by atoms with E-state index in [1.165, 1.54) is 19.2 Å². The van der Waals surface area contributed by atoms with Crippen molar-refractivity contribution in [3.63, 3.8) is 0 Å². The van der Waals surface area contributed by atoms with Crippen LogP contribution in [0, 0.1) is 11.8 Å². The van der Waals surface area contributed by atoms with Gasteiger partial charge in [-0.05, 0) is 66.5 Å². The number of likely N-dealkylation sites (tertiary alicyclic amines) is 1. The fourth-order valence-electron chi connectivity index (χ4n) is 4.72. The highest BCUT2D eigenvalue weighted by atomic mass is 16.5. The first-order chi connectivity index (χ1) is 17.0. The number of hydrogen-bond acceptors (Lipinski definition) is 6. The van der Waals surface area contributed by atoms with E-state index in [4.69, 9.17) is 9.26 Å². The quantitative estimate of drug-likeness (QED) is 0.391. The molecular formula is C27H26N4O4. The number of aromatic nitrogens is 3. The van der Waals surface area contributed by atoms with Crippen LogP contribution < -0.4 is 10.3 Å². The molecule has 2 aromatic heterocycles. The maximum atomic E-state index is 12.9. The Labute approximate surface area is 202 Å². The average molecular weight is 471 g/mol. The van der Waals surface area contributed by atoms with E-state index in [1.54, 1.807) is 4.57 Å². The standard InChI is InChI=1S/C27H26N4O4/c1-17-10-25(32)31(13-17)15-21-5-4-20(26-28-16-29-35-26)12-24(21)34-22-6-7-23-19(11-22)8-9-30(27(23)33)14-18-2-3-18/h4-9,11-12,16-18H,2-3,10,13-15H2,1H3/t17-/m0/s1. The van der Waals surface area contributed by atoms with Crippen molar-refractivity contribution >= 4 is 16.7 Å². The number of fused-ring (bicyclic) bond motifs is 1. The number of nitrogens with zero attached hydrogens (tertiary/aromatic N) is 4. The Kier molecular flexibility index (Phi) is 5.36. The molecule has 0 bridgehead atoms. The molecule has 0 unspecified atom stereocenters. The minimum atomic E-state index is 0.0293. The van der Waals surface area contributed by atoms with Crippen molar-refractivity contribution < 1.29 is 14.1 Å². The summed E-state index contributed by atoms with van der Waals surface area (Å²) in [6, 6.07) is 13.2. The first-order valence-corrected chi connectivity index (χ1v) is 12.0. The van der Waals surface area contributed by atoms with Gasteiger partial charge in [-0.15, -0.1) is 0 Å². The molecule has 1 aliphatic carbocycles. The van der Waals surface area contributed by atoms with E-state index in [2.05, 4.69) is 17.1 Å². The Bertz CT molecular complexity index is 1460. The molecule has 0 radical (unpaired) electrons. The number of carbonyl (C=O) groups excluding carboxylic acids is 1. The molecule has 8 heteroatoms.